The first-order valence-corrected chi connectivity index (χ1v) is 8.27. The molecule has 3 rings (SSSR count). The maximum absolute atomic E-state index is 13.1. The number of anilines is 1. The molecule has 0 aromatic heterocycles. The summed E-state index contributed by atoms with van der Waals surface area (Å²) in [4.78, 5) is 14.4. The van der Waals surface area contributed by atoms with Gasteiger partial charge in [-0.05, 0) is 23.8 Å². The Kier molecular flexibility index (Phi) is 5.98. The number of halogens is 1. The highest BCUT2D eigenvalue weighted by Crippen LogP contribution is 2.18. The first-order valence-electron chi connectivity index (χ1n) is 8.27. The van der Waals surface area contributed by atoms with Crippen molar-refractivity contribution in [2.75, 3.05) is 38.2 Å². The fraction of sp³-hybridized carbons (Fsp3) is 0.316. The van der Waals surface area contributed by atoms with Crippen LogP contribution in [0.5, 0.6) is 5.75 Å². The van der Waals surface area contributed by atoms with E-state index in [0.717, 1.165) is 44.1 Å². The Bertz CT molecular complexity index is 717. The molecular formula is C19H21FN2O3. The number of nitrogens with one attached hydrogen (secondary N) is 1. The van der Waals surface area contributed by atoms with E-state index in [1.54, 1.807) is 12.1 Å². The Hall–Kier alpha value is -2.44. The zero-order chi connectivity index (χ0) is 17.5. The van der Waals surface area contributed by atoms with Crippen molar-refractivity contribution in [3.8, 4) is 5.75 Å². The van der Waals surface area contributed by atoms with Crippen molar-refractivity contribution in [3.05, 3.63) is 59.9 Å². The minimum Gasteiger partial charge on any atom is -0.484 e. The summed E-state index contributed by atoms with van der Waals surface area (Å²) < 4.78 is 23.8. The molecule has 2 aromatic rings. The minimum atomic E-state index is -0.395. The molecule has 1 fully saturated rings. The first kappa shape index (κ1) is 17.4. The number of nitrogens with zero attached hydrogens (tertiary/aromatic N) is 1. The number of morpholine rings is 1. The van der Waals surface area contributed by atoms with Crippen molar-refractivity contribution < 1.29 is 18.7 Å². The summed E-state index contributed by atoms with van der Waals surface area (Å²) in [5.41, 5.74) is 1.81. The summed E-state index contributed by atoms with van der Waals surface area (Å²) in [5.74, 6) is -0.343. The molecule has 0 spiro atoms. The van der Waals surface area contributed by atoms with E-state index in [9.17, 15) is 9.18 Å². The second-order valence-corrected chi connectivity index (χ2v) is 5.84. The summed E-state index contributed by atoms with van der Waals surface area (Å²) in [7, 11) is 0. The SMILES string of the molecule is O=C(COc1cccc(F)c1)Nc1ccccc1CN1CCOCC1. The fourth-order valence-electron chi connectivity index (χ4n) is 2.67. The Labute approximate surface area is 146 Å². The summed E-state index contributed by atoms with van der Waals surface area (Å²) in [6, 6.07) is 13.4. The number of carbonyl (C=O) groups excluding carboxylic acids is 1. The molecule has 0 unspecified atom stereocenters. The van der Waals surface area contributed by atoms with Gasteiger partial charge in [-0.25, -0.2) is 4.39 Å². The van der Waals surface area contributed by atoms with Gasteiger partial charge in [0.15, 0.2) is 6.61 Å². The van der Waals surface area contributed by atoms with Crippen LogP contribution >= 0.6 is 0 Å². The monoisotopic (exact) mass is 344 g/mol. The van der Waals surface area contributed by atoms with Crippen molar-refractivity contribution in [1.82, 2.24) is 4.90 Å². The number of hydrogen-bond acceptors (Lipinski definition) is 4. The molecule has 0 aliphatic carbocycles. The van der Waals surface area contributed by atoms with Crippen LogP contribution in [0.15, 0.2) is 48.5 Å². The van der Waals surface area contributed by atoms with Crippen molar-refractivity contribution in [3.63, 3.8) is 0 Å². The molecule has 0 atom stereocenters. The lowest BCUT2D eigenvalue weighted by molar-refractivity contribution is -0.118. The van der Waals surface area contributed by atoms with Gasteiger partial charge in [-0.2, -0.15) is 0 Å². The van der Waals surface area contributed by atoms with E-state index in [0.29, 0.717) is 5.75 Å². The number of amides is 1. The van der Waals surface area contributed by atoms with Crippen LogP contribution in [0.2, 0.25) is 0 Å². The van der Waals surface area contributed by atoms with Crippen LogP contribution in [0, 0.1) is 5.82 Å². The van der Waals surface area contributed by atoms with Gasteiger partial charge >= 0.3 is 0 Å². The van der Waals surface area contributed by atoms with Crippen LogP contribution in [-0.4, -0.2) is 43.7 Å². The van der Waals surface area contributed by atoms with Gasteiger partial charge in [-0.15, -0.1) is 0 Å². The maximum atomic E-state index is 13.1. The van der Waals surface area contributed by atoms with Crippen molar-refractivity contribution in [2.45, 2.75) is 6.54 Å². The third-order valence-corrected chi connectivity index (χ3v) is 3.96. The van der Waals surface area contributed by atoms with Crippen LogP contribution in [0.25, 0.3) is 0 Å². The molecule has 5 nitrogen and oxygen atoms in total. The second-order valence-electron chi connectivity index (χ2n) is 5.84. The molecule has 1 saturated heterocycles. The number of rotatable bonds is 6. The predicted molar refractivity (Wildman–Crippen MR) is 93.1 cm³/mol. The zero-order valence-electron chi connectivity index (χ0n) is 13.9. The van der Waals surface area contributed by atoms with Crippen LogP contribution in [0.4, 0.5) is 10.1 Å². The average Bonchev–Trinajstić information content (AvgIpc) is 2.63. The van der Waals surface area contributed by atoms with E-state index in [4.69, 9.17) is 9.47 Å². The van der Waals surface area contributed by atoms with Crippen LogP contribution in [0.3, 0.4) is 0 Å². The number of para-hydroxylation sites is 1. The molecule has 1 heterocycles. The van der Waals surface area contributed by atoms with E-state index in [1.165, 1.54) is 12.1 Å². The smallest absolute Gasteiger partial charge is 0.262 e. The van der Waals surface area contributed by atoms with Gasteiger partial charge < -0.3 is 14.8 Å². The number of hydrogen-bond donors (Lipinski definition) is 1. The Morgan fingerprint density at radius 1 is 1.16 bits per heavy atom. The molecule has 1 N–H and O–H groups in total. The molecule has 0 radical (unpaired) electrons. The second kappa shape index (κ2) is 8.60. The van der Waals surface area contributed by atoms with Crippen molar-refractivity contribution in [1.29, 1.82) is 0 Å². The average molecular weight is 344 g/mol. The molecule has 1 aliphatic heterocycles. The van der Waals surface area contributed by atoms with Crippen LogP contribution < -0.4 is 10.1 Å². The lowest BCUT2D eigenvalue weighted by Gasteiger charge is -2.27. The quantitative estimate of drug-likeness (QED) is 0.875. The molecule has 1 amide bonds. The Morgan fingerprint density at radius 3 is 2.76 bits per heavy atom. The summed E-state index contributed by atoms with van der Waals surface area (Å²) >= 11 is 0. The van der Waals surface area contributed by atoms with Gasteiger partial charge in [0.25, 0.3) is 5.91 Å². The van der Waals surface area contributed by atoms with Crippen molar-refractivity contribution in [2.24, 2.45) is 0 Å². The Balaban J connectivity index is 1.57. The first-order chi connectivity index (χ1) is 12.2. The lowest BCUT2D eigenvalue weighted by atomic mass is 10.1. The van der Waals surface area contributed by atoms with Gasteiger partial charge in [0.2, 0.25) is 0 Å². The minimum absolute atomic E-state index is 0.171. The highest BCUT2D eigenvalue weighted by Gasteiger charge is 2.14. The standard InChI is InChI=1S/C19H21FN2O3/c20-16-5-3-6-17(12-16)25-14-19(23)21-18-7-2-1-4-15(18)13-22-8-10-24-11-9-22/h1-7,12H,8-11,13-14H2,(H,21,23). The Morgan fingerprint density at radius 2 is 1.96 bits per heavy atom. The van der Waals surface area contributed by atoms with Gasteiger partial charge in [0.1, 0.15) is 11.6 Å². The van der Waals surface area contributed by atoms with Crippen LogP contribution in [0.1, 0.15) is 5.56 Å². The van der Waals surface area contributed by atoms with Gasteiger partial charge in [-0.3, -0.25) is 9.69 Å². The third-order valence-electron chi connectivity index (χ3n) is 3.96. The molecule has 0 saturated carbocycles. The molecular weight excluding hydrogens is 323 g/mol. The van der Waals surface area contributed by atoms with E-state index in [-0.39, 0.29) is 12.5 Å². The van der Waals surface area contributed by atoms with E-state index >= 15 is 0 Å². The lowest BCUT2D eigenvalue weighted by Crippen LogP contribution is -2.36. The van der Waals surface area contributed by atoms with E-state index in [2.05, 4.69) is 10.2 Å². The number of benzene rings is 2. The van der Waals surface area contributed by atoms with E-state index < -0.39 is 5.82 Å². The van der Waals surface area contributed by atoms with Gasteiger partial charge in [-0.1, -0.05) is 24.3 Å². The topological polar surface area (TPSA) is 50.8 Å². The summed E-state index contributed by atoms with van der Waals surface area (Å²) in [5, 5.41) is 2.87. The zero-order valence-corrected chi connectivity index (χ0v) is 13.9. The largest absolute Gasteiger partial charge is 0.484 e. The van der Waals surface area contributed by atoms with Gasteiger partial charge in [0, 0.05) is 31.4 Å². The normalized spacial score (nSPS) is 14.9. The van der Waals surface area contributed by atoms with Gasteiger partial charge in [0.05, 0.1) is 13.2 Å². The molecule has 25 heavy (non-hydrogen) atoms. The highest BCUT2D eigenvalue weighted by molar-refractivity contribution is 5.92. The third kappa shape index (κ3) is 5.27. The highest BCUT2D eigenvalue weighted by atomic mass is 19.1. The fourth-order valence-corrected chi connectivity index (χ4v) is 2.67. The molecule has 6 heteroatoms. The molecule has 132 valence electrons. The molecule has 2 aromatic carbocycles. The maximum Gasteiger partial charge on any atom is 0.262 e. The van der Waals surface area contributed by atoms with Crippen molar-refractivity contribution >= 4 is 11.6 Å². The predicted octanol–water partition coefficient (Wildman–Crippen LogP) is 2.68. The molecule has 1 aliphatic rings. The summed E-state index contributed by atoms with van der Waals surface area (Å²) in [6.45, 7) is 3.81. The molecule has 0 bridgehead atoms. The number of carbonyl (C=O) groups is 1. The van der Waals surface area contributed by atoms with Crippen LogP contribution in [-0.2, 0) is 16.1 Å². The van der Waals surface area contributed by atoms with E-state index in [1.807, 2.05) is 24.3 Å². The number of ether oxygens (including phenoxy) is 2. The summed E-state index contributed by atoms with van der Waals surface area (Å²) in [6.07, 6.45) is 0.